The van der Waals surface area contributed by atoms with Crippen molar-refractivity contribution in [2.24, 2.45) is 5.73 Å². The fourth-order valence-corrected chi connectivity index (χ4v) is 1.04. The highest BCUT2D eigenvalue weighted by Gasteiger charge is 2.18. The maximum Gasteiger partial charge on any atom is 0.320 e. The lowest BCUT2D eigenvalue weighted by atomic mass is 10.1. The number of rotatable bonds is 4. The Hall–Kier alpha value is -1.46. The van der Waals surface area contributed by atoms with Crippen LogP contribution in [0.25, 0.3) is 0 Å². The van der Waals surface area contributed by atoms with Gasteiger partial charge in [0.25, 0.3) is 0 Å². The Bertz CT molecular complexity index is 302. The Morgan fingerprint density at radius 3 is 2.79 bits per heavy atom. The van der Waals surface area contributed by atoms with Crippen molar-refractivity contribution in [1.82, 2.24) is 4.98 Å². The average molecular weight is 196 g/mol. The van der Waals surface area contributed by atoms with Crippen molar-refractivity contribution in [3.63, 3.8) is 0 Å². The summed E-state index contributed by atoms with van der Waals surface area (Å²) in [7, 11) is 0. The molecule has 0 amide bonds. The van der Waals surface area contributed by atoms with Crippen LogP contribution in [0, 0.1) is 0 Å². The van der Waals surface area contributed by atoms with Gasteiger partial charge in [-0.3, -0.25) is 9.78 Å². The summed E-state index contributed by atoms with van der Waals surface area (Å²) < 4.78 is 0. The molecule has 0 saturated carbocycles. The van der Waals surface area contributed by atoms with Crippen LogP contribution >= 0.6 is 0 Å². The minimum Gasteiger partial charge on any atom is -0.480 e. The van der Waals surface area contributed by atoms with Gasteiger partial charge in [0.1, 0.15) is 6.04 Å². The fourth-order valence-electron chi connectivity index (χ4n) is 1.04. The number of carboxylic acid groups (broad SMARTS) is 1. The number of aliphatic hydroxyl groups excluding tert-OH is 1. The van der Waals surface area contributed by atoms with Crippen molar-refractivity contribution >= 4 is 5.97 Å². The molecule has 76 valence electrons. The molecule has 0 aromatic carbocycles. The lowest BCUT2D eigenvalue weighted by Crippen LogP contribution is -2.32. The molecule has 1 aromatic heterocycles. The quantitative estimate of drug-likeness (QED) is 0.625. The molecule has 0 spiro atoms. The van der Waals surface area contributed by atoms with Crippen LogP contribution in [0.5, 0.6) is 0 Å². The number of carboxylic acids is 1. The monoisotopic (exact) mass is 196 g/mol. The zero-order valence-corrected chi connectivity index (χ0v) is 7.50. The number of nitrogens with zero attached hydrogens (tertiary/aromatic N) is 1. The van der Waals surface area contributed by atoms with E-state index in [-0.39, 0.29) is 6.42 Å². The molecule has 2 atom stereocenters. The van der Waals surface area contributed by atoms with Crippen LogP contribution in [0.15, 0.2) is 24.4 Å². The second-order valence-corrected chi connectivity index (χ2v) is 2.95. The highest BCUT2D eigenvalue weighted by Crippen LogP contribution is 2.14. The van der Waals surface area contributed by atoms with Gasteiger partial charge in [0.2, 0.25) is 0 Å². The van der Waals surface area contributed by atoms with E-state index in [1.165, 1.54) is 6.20 Å². The van der Waals surface area contributed by atoms with Crippen molar-refractivity contribution in [2.75, 3.05) is 0 Å². The number of carbonyl (C=O) groups is 1. The van der Waals surface area contributed by atoms with Crippen molar-refractivity contribution in [3.8, 4) is 0 Å². The zero-order valence-electron chi connectivity index (χ0n) is 7.50. The number of pyridine rings is 1. The first-order valence-corrected chi connectivity index (χ1v) is 4.18. The first kappa shape index (κ1) is 10.6. The molecule has 0 fully saturated rings. The van der Waals surface area contributed by atoms with Crippen molar-refractivity contribution in [1.29, 1.82) is 0 Å². The standard InChI is InChI=1S/C9H12N2O3/c10-6(9(13)14)5-8(12)7-3-1-2-4-11-7/h1-4,6,8,12H,5,10H2,(H,13,14). The number of hydrogen-bond acceptors (Lipinski definition) is 4. The van der Waals surface area contributed by atoms with Crippen LogP contribution in [-0.4, -0.2) is 27.2 Å². The molecule has 0 radical (unpaired) electrons. The minimum absolute atomic E-state index is 0.0354. The molecule has 5 nitrogen and oxygen atoms in total. The van der Waals surface area contributed by atoms with Gasteiger partial charge in [0, 0.05) is 12.6 Å². The lowest BCUT2D eigenvalue weighted by molar-refractivity contribution is -0.139. The van der Waals surface area contributed by atoms with Gasteiger partial charge in [-0.1, -0.05) is 6.07 Å². The van der Waals surface area contributed by atoms with E-state index in [2.05, 4.69) is 4.98 Å². The van der Waals surface area contributed by atoms with Gasteiger partial charge in [0.15, 0.2) is 0 Å². The van der Waals surface area contributed by atoms with E-state index in [1.54, 1.807) is 18.2 Å². The first-order valence-electron chi connectivity index (χ1n) is 4.18. The van der Waals surface area contributed by atoms with Crippen molar-refractivity contribution < 1.29 is 15.0 Å². The van der Waals surface area contributed by atoms with Gasteiger partial charge < -0.3 is 15.9 Å². The van der Waals surface area contributed by atoms with E-state index >= 15 is 0 Å². The van der Waals surface area contributed by atoms with E-state index in [4.69, 9.17) is 10.8 Å². The number of aliphatic carboxylic acids is 1. The van der Waals surface area contributed by atoms with Gasteiger partial charge >= 0.3 is 5.97 Å². The normalized spacial score (nSPS) is 14.7. The molecular formula is C9H12N2O3. The van der Waals surface area contributed by atoms with Gasteiger partial charge in [-0.05, 0) is 12.1 Å². The molecule has 1 aromatic rings. The fraction of sp³-hybridized carbons (Fsp3) is 0.333. The molecule has 0 aliphatic heterocycles. The second kappa shape index (κ2) is 4.69. The first-order chi connectivity index (χ1) is 6.61. The summed E-state index contributed by atoms with van der Waals surface area (Å²) in [6.45, 7) is 0. The summed E-state index contributed by atoms with van der Waals surface area (Å²) in [6, 6.07) is 4.00. The Balaban J connectivity index is 2.59. The summed E-state index contributed by atoms with van der Waals surface area (Å²) in [4.78, 5) is 14.3. The summed E-state index contributed by atoms with van der Waals surface area (Å²) in [5.41, 5.74) is 5.70. The SMILES string of the molecule is NC(CC(O)c1ccccn1)C(=O)O. The third-order valence-corrected chi connectivity index (χ3v) is 1.82. The van der Waals surface area contributed by atoms with Crippen molar-refractivity contribution in [2.45, 2.75) is 18.6 Å². The smallest absolute Gasteiger partial charge is 0.320 e. The molecule has 0 aliphatic carbocycles. The van der Waals surface area contributed by atoms with Gasteiger partial charge in [-0.2, -0.15) is 0 Å². The summed E-state index contributed by atoms with van der Waals surface area (Å²) in [5, 5.41) is 18.1. The zero-order chi connectivity index (χ0) is 10.6. The Kier molecular flexibility index (Phi) is 3.55. The van der Waals surface area contributed by atoms with Crippen LogP contribution in [0.3, 0.4) is 0 Å². The van der Waals surface area contributed by atoms with Crippen LogP contribution in [-0.2, 0) is 4.79 Å². The van der Waals surface area contributed by atoms with E-state index in [1.807, 2.05) is 0 Å². The summed E-state index contributed by atoms with van der Waals surface area (Å²) in [5.74, 6) is -1.13. The second-order valence-electron chi connectivity index (χ2n) is 2.95. The van der Waals surface area contributed by atoms with E-state index in [9.17, 15) is 9.90 Å². The maximum absolute atomic E-state index is 10.4. The molecule has 0 saturated heterocycles. The molecule has 5 heteroatoms. The Morgan fingerprint density at radius 1 is 1.57 bits per heavy atom. The molecule has 0 aliphatic rings. The molecule has 14 heavy (non-hydrogen) atoms. The number of aliphatic hydroxyl groups is 1. The third-order valence-electron chi connectivity index (χ3n) is 1.82. The van der Waals surface area contributed by atoms with Gasteiger partial charge in [-0.15, -0.1) is 0 Å². The average Bonchev–Trinajstić information content (AvgIpc) is 2.19. The number of hydrogen-bond donors (Lipinski definition) is 3. The predicted molar refractivity (Wildman–Crippen MR) is 49.4 cm³/mol. The third kappa shape index (κ3) is 2.79. The van der Waals surface area contributed by atoms with Crippen LogP contribution < -0.4 is 5.73 Å². The molecule has 0 bridgehead atoms. The summed E-state index contributed by atoms with van der Waals surface area (Å²) >= 11 is 0. The van der Waals surface area contributed by atoms with E-state index in [0.717, 1.165) is 0 Å². The molecule has 4 N–H and O–H groups in total. The van der Waals surface area contributed by atoms with Crippen molar-refractivity contribution in [3.05, 3.63) is 30.1 Å². The number of aromatic nitrogens is 1. The molecule has 1 rings (SSSR count). The molecule has 2 unspecified atom stereocenters. The molecular weight excluding hydrogens is 184 g/mol. The van der Waals surface area contributed by atoms with E-state index < -0.39 is 18.1 Å². The van der Waals surface area contributed by atoms with Crippen LogP contribution in [0.4, 0.5) is 0 Å². The summed E-state index contributed by atoms with van der Waals surface area (Å²) in [6.07, 6.45) is 0.569. The maximum atomic E-state index is 10.4. The highest BCUT2D eigenvalue weighted by atomic mass is 16.4. The molecule has 1 heterocycles. The van der Waals surface area contributed by atoms with Gasteiger partial charge in [-0.25, -0.2) is 0 Å². The Morgan fingerprint density at radius 2 is 2.29 bits per heavy atom. The lowest BCUT2D eigenvalue weighted by Gasteiger charge is -2.12. The van der Waals surface area contributed by atoms with Gasteiger partial charge in [0.05, 0.1) is 11.8 Å². The predicted octanol–water partition coefficient (Wildman–Crippen LogP) is -0.0830. The Labute approximate surface area is 81.2 Å². The van der Waals surface area contributed by atoms with Crippen LogP contribution in [0.2, 0.25) is 0 Å². The van der Waals surface area contributed by atoms with Crippen LogP contribution in [0.1, 0.15) is 18.2 Å². The highest BCUT2D eigenvalue weighted by molar-refractivity contribution is 5.73. The topological polar surface area (TPSA) is 96.4 Å². The minimum atomic E-state index is -1.13. The number of nitrogens with two attached hydrogens (primary N) is 1. The largest absolute Gasteiger partial charge is 0.480 e. The van der Waals surface area contributed by atoms with E-state index in [0.29, 0.717) is 5.69 Å².